The van der Waals surface area contributed by atoms with Gasteiger partial charge in [0.25, 0.3) is 7.82 Å². The number of hydrogen-bond donors (Lipinski definition) is 2. The Morgan fingerprint density at radius 1 is 0.797 bits per heavy atom. The van der Waals surface area contributed by atoms with Crippen molar-refractivity contribution in [1.29, 1.82) is 0 Å². The second-order valence-corrected chi connectivity index (χ2v) is 18.6. The third-order valence-electron chi connectivity index (χ3n) is 10.5. The molecule has 0 bridgehead atoms. The fraction of sp³-hybridized carbons (Fsp3) is 0.804. The van der Waals surface area contributed by atoms with Gasteiger partial charge in [0.2, 0.25) is 0 Å². The number of Topliss-reactive ketones (excluding diaryl/α,β-unsaturated/α-hetero) is 1. The van der Waals surface area contributed by atoms with Gasteiger partial charge in [-0.25, -0.2) is 0 Å². The molecule has 6 atom stereocenters. The molecule has 0 amide bonds. The number of carbonyl (C=O) groups excluding carboxylic acids is 3. The largest absolute Gasteiger partial charge is 0.756 e. The second-order valence-electron chi connectivity index (χ2n) is 17.2. The molecule has 12 nitrogen and oxygen atoms in total. The number of aliphatic hydroxyl groups is 2. The van der Waals surface area contributed by atoms with Crippen LogP contribution in [0.1, 0.15) is 162 Å². The first kappa shape index (κ1) is 54.8. The molecular weight excluding hydrogens is 773 g/mol. The Bertz CT molecular complexity index is 1260. The maximum Gasteiger partial charge on any atom is 0.306 e. The minimum absolute atomic E-state index is 0.0291. The van der Waals surface area contributed by atoms with Crippen molar-refractivity contribution >= 4 is 25.5 Å². The number of hydrogen-bond acceptors (Lipinski definition) is 11. The Hall–Kier alpha value is -2.18. The minimum Gasteiger partial charge on any atom is -0.756 e. The predicted molar refractivity (Wildman–Crippen MR) is 232 cm³/mol. The van der Waals surface area contributed by atoms with Crippen LogP contribution in [0.4, 0.5) is 0 Å². The number of likely N-dealkylation sites (N-methyl/N-ethyl adjacent to an activating group) is 1. The number of nitrogens with zero attached hydrogens (tertiary/aromatic N) is 1. The molecule has 0 aromatic carbocycles. The van der Waals surface area contributed by atoms with Gasteiger partial charge in [0.05, 0.1) is 40.0 Å². The van der Waals surface area contributed by atoms with Crippen molar-refractivity contribution in [2.24, 2.45) is 11.8 Å². The Morgan fingerprint density at radius 2 is 1.37 bits per heavy atom. The number of ether oxygens (including phenoxy) is 2. The first-order chi connectivity index (χ1) is 28.2. The van der Waals surface area contributed by atoms with Gasteiger partial charge in [0.1, 0.15) is 25.5 Å². The molecule has 342 valence electrons. The summed E-state index contributed by atoms with van der Waals surface area (Å²) in [6.07, 6.45) is 29.6. The molecule has 0 aliphatic heterocycles. The molecule has 0 saturated heterocycles. The van der Waals surface area contributed by atoms with Gasteiger partial charge in [0.15, 0.2) is 6.10 Å². The molecule has 1 saturated carbocycles. The Balaban J connectivity index is 2.50. The monoisotopic (exact) mass is 856 g/mol. The van der Waals surface area contributed by atoms with Crippen molar-refractivity contribution in [1.82, 2.24) is 0 Å². The number of unbranched alkanes of at least 4 members (excludes halogenated alkanes) is 14. The molecule has 59 heavy (non-hydrogen) atoms. The quantitative estimate of drug-likeness (QED) is 0.0201. The van der Waals surface area contributed by atoms with Crippen LogP contribution in [0.25, 0.3) is 0 Å². The number of carbonyl (C=O) groups is 3. The molecule has 0 aromatic heterocycles. The second kappa shape index (κ2) is 33.4. The minimum atomic E-state index is -4.69. The van der Waals surface area contributed by atoms with E-state index in [1.54, 1.807) is 12.2 Å². The highest BCUT2D eigenvalue weighted by molar-refractivity contribution is 7.45. The Labute approximate surface area is 357 Å². The van der Waals surface area contributed by atoms with E-state index in [9.17, 15) is 34.1 Å². The Kier molecular flexibility index (Phi) is 31.1. The van der Waals surface area contributed by atoms with Crippen LogP contribution < -0.4 is 4.89 Å². The highest BCUT2D eigenvalue weighted by Crippen LogP contribution is 2.38. The zero-order valence-corrected chi connectivity index (χ0v) is 38.3. The van der Waals surface area contributed by atoms with Crippen LogP contribution in [-0.2, 0) is 37.5 Å². The maximum atomic E-state index is 12.7. The van der Waals surface area contributed by atoms with E-state index in [0.29, 0.717) is 43.1 Å². The normalized spacial score (nSPS) is 19.5. The van der Waals surface area contributed by atoms with Crippen LogP contribution in [-0.4, -0.2) is 98.2 Å². The lowest BCUT2D eigenvalue weighted by atomic mass is 9.90. The zero-order valence-electron chi connectivity index (χ0n) is 37.4. The van der Waals surface area contributed by atoms with Gasteiger partial charge >= 0.3 is 11.9 Å². The molecule has 0 radical (unpaired) electrons. The summed E-state index contributed by atoms with van der Waals surface area (Å²) >= 11 is 0. The van der Waals surface area contributed by atoms with Gasteiger partial charge in [-0.1, -0.05) is 121 Å². The van der Waals surface area contributed by atoms with E-state index in [-0.39, 0.29) is 44.2 Å². The molecule has 1 aliphatic carbocycles. The average molecular weight is 856 g/mol. The fourth-order valence-corrected chi connectivity index (χ4v) is 7.53. The number of aliphatic hydroxyl groups excluding tert-OH is 2. The van der Waals surface area contributed by atoms with Crippen molar-refractivity contribution in [3.05, 3.63) is 36.5 Å². The fourth-order valence-electron chi connectivity index (χ4n) is 6.81. The zero-order chi connectivity index (χ0) is 43.8. The molecule has 0 aromatic rings. The van der Waals surface area contributed by atoms with Crippen molar-refractivity contribution in [2.75, 3.05) is 47.5 Å². The lowest BCUT2D eigenvalue weighted by Gasteiger charge is -2.28. The average Bonchev–Trinajstić information content (AvgIpc) is 3.44. The van der Waals surface area contributed by atoms with Crippen LogP contribution in [0.15, 0.2) is 36.5 Å². The van der Waals surface area contributed by atoms with Crippen LogP contribution >= 0.6 is 7.82 Å². The summed E-state index contributed by atoms with van der Waals surface area (Å²) in [4.78, 5) is 50.2. The number of esters is 2. The molecular formula is C46H82NO11P. The number of allylic oxidation sites excluding steroid dienone is 5. The molecule has 0 heterocycles. The summed E-state index contributed by atoms with van der Waals surface area (Å²) in [7, 11) is 1.01. The maximum absolute atomic E-state index is 12.7. The third-order valence-corrected chi connectivity index (χ3v) is 11.5. The smallest absolute Gasteiger partial charge is 0.306 e. The molecule has 1 unspecified atom stereocenters. The number of rotatable bonds is 37. The van der Waals surface area contributed by atoms with Crippen LogP contribution in [0.5, 0.6) is 0 Å². The van der Waals surface area contributed by atoms with Gasteiger partial charge in [-0.15, -0.1) is 0 Å². The van der Waals surface area contributed by atoms with Gasteiger partial charge in [0, 0.05) is 31.1 Å². The van der Waals surface area contributed by atoms with Crippen molar-refractivity contribution < 1.29 is 57.1 Å². The third kappa shape index (κ3) is 30.5. The van der Waals surface area contributed by atoms with Crippen molar-refractivity contribution in [2.45, 2.75) is 180 Å². The van der Waals surface area contributed by atoms with Gasteiger partial charge in [-0.3, -0.25) is 18.9 Å². The summed E-state index contributed by atoms with van der Waals surface area (Å²) in [6, 6.07) is 0. The highest BCUT2D eigenvalue weighted by Gasteiger charge is 2.39. The first-order valence-corrected chi connectivity index (χ1v) is 24.3. The number of phosphoric ester groups is 1. The lowest BCUT2D eigenvalue weighted by molar-refractivity contribution is -0.870. The van der Waals surface area contributed by atoms with E-state index < -0.39 is 50.6 Å². The van der Waals surface area contributed by atoms with E-state index in [0.717, 1.165) is 57.8 Å². The molecule has 1 fully saturated rings. The summed E-state index contributed by atoms with van der Waals surface area (Å²) in [5.41, 5.74) is 0. The molecule has 13 heteroatoms. The lowest BCUT2D eigenvalue weighted by Crippen LogP contribution is -2.37. The number of ketones is 1. The standard InChI is InChI=1S/C46H82NO11P/c1-6-8-10-11-12-13-14-15-16-17-18-19-20-21-27-31-46(52)58-40(38-57-59(53,54)56-35-34-47(3,4)5)37-55-45(51)30-26-23-22-25-29-41-42(44(50)36-43(41)49)33-32-39(48)28-24-9-7-2/h15-16,22,25,32-33,39-43,48-49H,6-14,17-21,23-24,26-31,34-38H2,1-5H3/b16-15-,25-22-,33-32+/t39-,40+,41+,42+,43-/m0/s1. The van der Waals surface area contributed by atoms with Crippen LogP contribution in [0.2, 0.25) is 0 Å². The van der Waals surface area contributed by atoms with Crippen molar-refractivity contribution in [3.63, 3.8) is 0 Å². The van der Waals surface area contributed by atoms with Gasteiger partial charge < -0.3 is 38.1 Å². The molecule has 0 spiro atoms. The summed E-state index contributed by atoms with van der Waals surface area (Å²) in [6.45, 7) is 3.79. The van der Waals surface area contributed by atoms with Crippen molar-refractivity contribution in [3.8, 4) is 0 Å². The van der Waals surface area contributed by atoms with E-state index in [4.69, 9.17) is 18.5 Å². The van der Waals surface area contributed by atoms with Crippen LogP contribution in [0, 0.1) is 11.8 Å². The first-order valence-electron chi connectivity index (χ1n) is 22.8. The number of quaternary nitrogens is 1. The molecule has 1 aliphatic rings. The summed E-state index contributed by atoms with van der Waals surface area (Å²) < 4.78 is 33.8. The molecule has 2 N–H and O–H groups in total. The Morgan fingerprint density at radius 3 is 2.03 bits per heavy atom. The topological polar surface area (TPSA) is 169 Å². The number of phosphoric acid groups is 1. The summed E-state index contributed by atoms with van der Waals surface area (Å²) in [5, 5.41) is 20.7. The van der Waals surface area contributed by atoms with Crippen LogP contribution in [0.3, 0.4) is 0 Å². The summed E-state index contributed by atoms with van der Waals surface area (Å²) in [5.74, 6) is -1.78. The van der Waals surface area contributed by atoms with E-state index in [1.807, 2.05) is 33.3 Å². The van der Waals surface area contributed by atoms with E-state index in [2.05, 4.69) is 26.0 Å². The highest BCUT2D eigenvalue weighted by atomic mass is 31.2. The predicted octanol–water partition coefficient (Wildman–Crippen LogP) is 8.87. The molecule has 1 rings (SSSR count). The van der Waals surface area contributed by atoms with E-state index >= 15 is 0 Å². The van der Waals surface area contributed by atoms with E-state index in [1.165, 1.54) is 38.5 Å². The SMILES string of the molecule is CCCCCCCC/C=C\CCCCCCCC(=O)O[C@H](COC(=O)CCC/C=C\C[C@H]1[C@@H](O)CC(=O)[C@@H]1/C=C/[C@@H](O)CCCCC)COP(=O)([O-])OCC[N+](C)(C)C. The van der Waals surface area contributed by atoms with Gasteiger partial charge in [-0.2, -0.15) is 0 Å². The van der Waals surface area contributed by atoms with Gasteiger partial charge in [-0.05, 0) is 57.8 Å².